The minimum Gasteiger partial charge on any atom is -0.370 e. The van der Waals surface area contributed by atoms with Gasteiger partial charge < -0.3 is 16.0 Å². The zero-order chi connectivity index (χ0) is 15.9. The number of aliphatic imine (C=N–C) groups is 1. The van der Waals surface area contributed by atoms with Crippen LogP contribution in [0.25, 0.3) is 0 Å². The molecule has 0 aromatic heterocycles. The van der Waals surface area contributed by atoms with Gasteiger partial charge in [0.2, 0.25) is 0 Å². The summed E-state index contributed by atoms with van der Waals surface area (Å²) in [6, 6.07) is 6.98. The van der Waals surface area contributed by atoms with Crippen molar-refractivity contribution in [3.8, 4) is 0 Å². The van der Waals surface area contributed by atoms with E-state index in [-0.39, 0.29) is 5.91 Å². The summed E-state index contributed by atoms with van der Waals surface area (Å²) >= 11 is 5.98. The first-order valence-electron chi connectivity index (χ1n) is 7.65. The predicted octanol–water partition coefficient (Wildman–Crippen LogP) is 2.12. The summed E-state index contributed by atoms with van der Waals surface area (Å²) < 4.78 is 0. The molecule has 1 aromatic carbocycles. The Labute approximate surface area is 136 Å². The van der Waals surface area contributed by atoms with Crippen molar-refractivity contribution < 1.29 is 4.79 Å². The Bertz CT molecular complexity index is 547. The van der Waals surface area contributed by atoms with Crippen molar-refractivity contribution in [1.82, 2.24) is 10.2 Å². The molecule has 6 heteroatoms. The maximum atomic E-state index is 12.0. The van der Waals surface area contributed by atoms with Gasteiger partial charge in [0.15, 0.2) is 5.96 Å². The van der Waals surface area contributed by atoms with Gasteiger partial charge in [-0.2, -0.15) is 0 Å². The molecule has 1 fully saturated rings. The molecule has 2 rings (SSSR count). The summed E-state index contributed by atoms with van der Waals surface area (Å²) in [5.41, 5.74) is 6.48. The predicted molar refractivity (Wildman–Crippen MR) is 90.2 cm³/mol. The van der Waals surface area contributed by atoms with Crippen LogP contribution in [0.5, 0.6) is 0 Å². The second-order valence-corrected chi connectivity index (χ2v) is 6.08. The first-order valence-corrected chi connectivity index (χ1v) is 8.03. The van der Waals surface area contributed by atoms with Crippen LogP contribution < -0.4 is 11.1 Å². The lowest BCUT2D eigenvalue weighted by Gasteiger charge is -2.31. The SMILES string of the molecule is CC1CCCN(C(N)=NCCNC(=O)c2ccccc2Cl)C1. The van der Waals surface area contributed by atoms with E-state index in [1.165, 1.54) is 6.42 Å². The van der Waals surface area contributed by atoms with Gasteiger partial charge in [-0.3, -0.25) is 9.79 Å². The largest absolute Gasteiger partial charge is 0.370 e. The molecule has 0 saturated carbocycles. The van der Waals surface area contributed by atoms with Crippen LogP contribution in [-0.2, 0) is 0 Å². The van der Waals surface area contributed by atoms with Crippen LogP contribution >= 0.6 is 11.6 Å². The Balaban J connectivity index is 1.77. The quantitative estimate of drug-likeness (QED) is 0.507. The van der Waals surface area contributed by atoms with E-state index in [1.807, 2.05) is 0 Å². The summed E-state index contributed by atoms with van der Waals surface area (Å²) in [5, 5.41) is 3.25. The van der Waals surface area contributed by atoms with Crippen LogP contribution in [0.3, 0.4) is 0 Å². The number of carbonyl (C=O) groups excluding carboxylic acids is 1. The van der Waals surface area contributed by atoms with Crippen molar-refractivity contribution in [2.24, 2.45) is 16.6 Å². The molecule has 0 spiro atoms. The summed E-state index contributed by atoms with van der Waals surface area (Å²) in [5.74, 6) is 1.03. The van der Waals surface area contributed by atoms with Crippen molar-refractivity contribution in [1.29, 1.82) is 0 Å². The Morgan fingerprint density at radius 2 is 2.27 bits per heavy atom. The number of nitrogens with zero attached hydrogens (tertiary/aromatic N) is 2. The summed E-state index contributed by atoms with van der Waals surface area (Å²) in [6.07, 6.45) is 2.40. The van der Waals surface area contributed by atoms with Crippen LogP contribution in [0, 0.1) is 5.92 Å². The highest BCUT2D eigenvalue weighted by Crippen LogP contribution is 2.15. The van der Waals surface area contributed by atoms with E-state index in [0.717, 1.165) is 19.5 Å². The molecule has 3 N–H and O–H groups in total. The van der Waals surface area contributed by atoms with Gasteiger partial charge >= 0.3 is 0 Å². The summed E-state index contributed by atoms with van der Waals surface area (Å²) in [6.45, 7) is 5.05. The van der Waals surface area contributed by atoms with E-state index in [1.54, 1.807) is 24.3 Å². The number of amides is 1. The molecule has 1 aromatic rings. The van der Waals surface area contributed by atoms with Crippen molar-refractivity contribution >= 4 is 23.5 Å². The van der Waals surface area contributed by atoms with Crippen LogP contribution in [0.2, 0.25) is 5.02 Å². The van der Waals surface area contributed by atoms with E-state index < -0.39 is 0 Å². The number of rotatable bonds is 4. The smallest absolute Gasteiger partial charge is 0.252 e. The second-order valence-electron chi connectivity index (χ2n) is 5.67. The number of piperidine rings is 1. The number of hydrogen-bond acceptors (Lipinski definition) is 2. The molecule has 1 aliphatic heterocycles. The molecule has 1 atom stereocenters. The van der Waals surface area contributed by atoms with Gasteiger partial charge in [0, 0.05) is 19.6 Å². The van der Waals surface area contributed by atoms with Gasteiger partial charge in [-0.25, -0.2) is 0 Å². The fourth-order valence-corrected chi connectivity index (χ4v) is 2.80. The second kappa shape index (κ2) is 8.03. The first-order chi connectivity index (χ1) is 10.6. The number of halogens is 1. The van der Waals surface area contributed by atoms with Crippen molar-refractivity contribution in [2.45, 2.75) is 19.8 Å². The number of benzene rings is 1. The number of carbonyl (C=O) groups is 1. The highest BCUT2D eigenvalue weighted by molar-refractivity contribution is 6.33. The van der Waals surface area contributed by atoms with Crippen molar-refractivity contribution in [3.63, 3.8) is 0 Å². The third kappa shape index (κ3) is 4.63. The Morgan fingerprint density at radius 3 is 3.00 bits per heavy atom. The Hall–Kier alpha value is -1.75. The molecular formula is C16H23ClN4O. The monoisotopic (exact) mass is 322 g/mol. The first kappa shape index (κ1) is 16.6. The summed E-state index contributed by atoms with van der Waals surface area (Å²) in [4.78, 5) is 18.4. The molecule has 1 aliphatic rings. The minimum atomic E-state index is -0.189. The normalized spacial score (nSPS) is 19.1. The number of nitrogens with two attached hydrogens (primary N) is 1. The fraction of sp³-hybridized carbons (Fsp3) is 0.500. The van der Waals surface area contributed by atoms with Crippen LogP contribution in [0.4, 0.5) is 0 Å². The average molecular weight is 323 g/mol. The molecule has 1 saturated heterocycles. The lowest BCUT2D eigenvalue weighted by molar-refractivity contribution is 0.0955. The minimum absolute atomic E-state index is 0.189. The van der Waals surface area contributed by atoms with Crippen LogP contribution in [-0.4, -0.2) is 42.9 Å². The lowest BCUT2D eigenvalue weighted by atomic mass is 10.0. The Kier molecular flexibility index (Phi) is 6.07. The maximum Gasteiger partial charge on any atom is 0.252 e. The zero-order valence-corrected chi connectivity index (χ0v) is 13.6. The van der Waals surface area contributed by atoms with Gasteiger partial charge in [0.05, 0.1) is 17.1 Å². The van der Waals surface area contributed by atoms with E-state index >= 15 is 0 Å². The van der Waals surface area contributed by atoms with Crippen molar-refractivity contribution in [2.75, 3.05) is 26.2 Å². The Morgan fingerprint density at radius 1 is 1.50 bits per heavy atom. The standard InChI is InChI=1S/C16H23ClN4O/c1-12-5-4-10-21(11-12)16(18)20-9-8-19-15(22)13-6-2-3-7-14(13)17/h2-3,6-7,12H,4-5,8-11H2,1H3,(H2,18,20)(H,19,22). The van der Waals surface area contributed by atoms with Gasteiger partial charge in [0.25, 0.3) is 5.91 Å². The third-order valence-corrected chi connectivity index (χ3v) is 4.10. The van der Waals surface area contributed by atoms with Crippen LogP contribution in [0.15, 0.2) is 29.3 Å². The topological polar surface area (TPSA) is 70.7 Å². The van der Waals surface area contributed by atoms with E-state index in [2.05, 4.69) is 22.1 Å². The molecular weight excluding hydrogens is 300 g/mol. The maximum absolute atomic E-state index is 12.0. The molecule has 22 heavy (non-hydrogen) atoms. The number of hydrogen-bond donors (Lipinski definition) is 2. The molecule has 0 radical (unpaired) electrons. The molecule has 1 heterocycles. The number of likely N-dealkylation sites (tertiary alicyclic amines) is 1. The van der Waals surface area contributed by atoms with Crippen LogP contribution in [0.1, 0.15) is 30.1 Å². The van der Waals surface area contributed by atoms with Crippen molar-refractivity contribution in [3.05, 3.63) is 34.9 Å². The molecule has 1 amide bonds. The summed E-state index contributed by atoms with van der Waals surface area (Å²) in [7, 11) is 0. The molecule has 5 nitrogen and oxygen atoms in total. The van der Waals surface area contributed by atoms with Gasteiger partial charge in [-0.05, 0) is 30.9 Å². The zero-order valence-electron chi connectivity index (χ0n) is 12.9. The van der Waals surface area contributed by atoms with Gasteiger partial charge in [-0.1, -0.05) is 30.7 Å². The van der Waals surface area contributed by atoms with Gasteiger partial charge in [-0.15, -0.1) is 0 Å². The highest BCUT2D eigenvalue weighted by atomic mass is 35.5. The number of guanidine groups is 1. The third-order valence-electron chi connectivity index (χ3n) is 3.77. The van der Waals surface area contributed by atoms with E-state index in [4.69, 9.17) is 17.3 Å². The highest BCUT2D eigenvalue weighted by Gasteiger charge is 2.17. The van der Waals surface area contributed by atoms with E-state index in [0.29, 0.717) is 35.6 Å². The molecule has 120 valence electrons. The molecule has 0 bridgehead atoms. The lowest BCUT2D eigenvalue weighted by Crippen LogP contribution is -2.43. The number of nitrogens with one attached hydrogen (secondary N) is 1. The van der Waals surface area contributed by atoms with E-state index in [9.17, 15) is 4.79 Å². The average Bonchev–Trinajstić information content (AvgIpc) is 2.51. The molecule has 1 unspecified atom stereocenters. The van der Waals surface area contributed by atoms with Gasteiger partial charge in [0.1, 0.15) is 0 Å². The fourth-order valence-electron chi connectivity index (χ4n) is 2.58. The molecule has 0 aliphatic carbocycles.